The highest BCUT2D eigenvalue weighted by Gasteiger charge is 2.28. The Kier molecular flexibility index (Phi) is 5.85. The summed E-state index contributed by atoms with van der Waals surface area (Å²) in [4.78, 5) is 17.0. The normalized spacial score (nSPS) is 30.2. The van der Waals surface area contributed by atoms with Crippen LogP contribution in [0.2, 0.25) is 0 Å². The molecule has 2 fully saturated rings. The van der Waals surface area contributed by atoms with Crippen molar-refractivity contribution in [1.29, 1.82) is 0 Å². The highest BCUT2D eigenvalue weighted by molar-refractivity contribution is 5.78. The first-order valence-corrected chi connectivity index (χ1v) is 8.34. The van der Waals surface area contributed by atoms with Crippen LogP contribution in [0.5, 0.6) is 0 Å². The number of nitrogens with zero attached hydrogens (tertiary/aromatic N) is 2. The van der Waals surface area contributed by atoms with E-state index in [1.807, 2.05) is 6.92 Å². The van der Waals surface area contributed by atoms with Gasteiger partial charge in [-0.2, -0.15) is 0 Å². The van der Waals surface area contributed by atoms with E-state index >= 15 is 0 Å². The molecule has 4 nitrogen and oxygen atoms in total. The molecule has 0 bridgehead atoms. The lowest BCUT2D eigenvalue weighted by Gasteiger charge is -2.40. The van der Waals surface area contributed by atoms with Gasteiger partial charge in [-0.25, -0.2) is 0 Å². The van der Waals surface area contributed by atoms with Crippen molar-refractivity contribution in [3.63, 3.8) is 0 Å². The van der Waals surface area contributed by atoms with E-state index in [0.29, 0.717) is 12.5 Å². The molecular formula is C16H31N3O. The van der Waals surface area contributed by atoms with Crippen molar-refractivity contribution >= 4 is 5.91 Å². The van der Waals surface area contributed by atoms with Crippen molar-refractivity contribution in [1.82, 2.24) is 9.80 Å². The van der Waals surface area contributed by atoms with Crippen LogP contribution < -0.4 is 5.73 Å². The van der Waals surface area contributed by atoms with E-state index in [0.717, 1.165) is 25.6 Å². The first-order valence-electron chi connectivity index (χ1n) is 8.34. The van der Waals surface area contributed by atoms with Crippen LogP contribution in [0, 0.1) is 11.8 Å². The molecule has 2 aliphatic rings. The zero-order chi connectivity index (χ0) is 14.5. The van der Waals surface area contributed by atoms with Crippen LogP contribution in [0.1, 0.15) is 46.0 Å². The smallest absolute Gasteiger partial charge is 0.226 e. The molecule has 4 heteroatoms. The zero-order valence-electron chi connectivity index (χ0n) is 13.2. The van der Waals surface area contributed by atoms with E-state index in [4.69, 9.17) is 5.73 Å². The molecule has 0 aromatic heterocycles. The standard InChI is InChI=1S/C16H31N3O/c1-13(10-17)16(20)19-9-5-7-15(12-19)11-18-8-4-3-6-14(18)2/h13-15H,3-12,17H2,1-2H3. The Morgan fingerprint density at radius 1 is 1.25 bits per heavy atom. The second kappa shape index (κ2) is 7.41. The number of carbonyl (C=O) groups is 1. The van der Waals surface area contributed by atoms with Gasteiger partial charge in [0.1, 0.15) is 0 Å². The summed E-state index contributed by atoms with van der Waals surface area (Å²) in [5.41, 5.74) is 5.63. The van der Waals surface area contributed by atoms with Crippen molar-refractivity contribution in [3.05, 3.63) is 0 Å². The third-order valence-corrected chi connectivity index (χ3v) is 5.04. The van der Waals surface area contributed by atoms with Crippen LogP contribution >= 0.6 is 0 Å². The maximum Gasteiger partial charge on any atom is 0.226 e. The molecule has 0 aromatic rings. The van der Waals surface area contributed by atoms with E-state index in [9.17, 15) is 4.79 Å². The number of hydrogen-bond acceptors (Lipinski definition) is 3. The number of rotatable bonds is 4. The first kappa shape index (κ1) is 15.8. The Morgan fingerprint density at radius 2 is 2.05 bits per heavy atom. The first-order chi connectivity index (χ1) is 9.61. The minimum Gasteiger partial charge on any atom is -0.342 e. The molecule has 0 aliphatic carbocycles. The second-order valence-electron chi connectivity index (χ2n) is 6.77. The molecular weight excluding hydrogens is 250 g/mol. The molecule has 2 N–H and O–H groups in total. The SMILES string of the molecule is CC(CN)C(=O)N1CCCC(CN2CCCCC2C)C1. The number of hydrogen-bond donors (Lipinski definition) is 1. The maximum atomic E-state index is 12.3. The molecule has 3 atom stereocenters. The van der Waals surface area contributed by atoms with Gasteiger partial charge in [0.2, 0.25) is 5.91 Å². The highest BCUT2D eigenvalue weighted by Crippen LogP contribution is 2.23. The molecule has 2 saturated heterocycles. The fourth-order valence-electron chi connectivity index (χ4n) is 3.59. The molecule has 116 valence electrons. The van der Waals surface area contributed by atoms with Crippen molar-refractivity contribution in [2.24, 2.45) is 17.6 Å². The minimum atomic E-state index is -0.0253. The van der Waals surface area contributed by atoms with Crippen molar-refractivity contribution in [2.45, 2.75) is 52.0 Å². The van der Waals surface area contributed by atoms with Gasteiger partial charge < -0.3 is 15.5 Å². The summed E-state index contributed by atoms with van der Waals surface area (Å²) in [5.74, 6) is 0.879. The number of nitrogens with two attached hydrogens (primary N) is 1. The van der Waals surface area contributed by atoms with Gasteiger partial charge in [0.15, 0.2) is 0 Å². The van der Waals surface area contributed by atoms with Gasteiger partial charge in [-0.1, -0.05) is 13.3 Å². The van der Waals surface area contributed by atoms with E-state index in [2.05, 4.69) is 16.7 Å². The third kappa shape index (κ3) is 3.95. The molecule has 2 aliphatic heterocycles. The van der Waals surface area contributed by atoms with E-state index in [-0.39, 0.29) is 11.8 Å². The van der Waals surface area contributed by atoms with Gasteiger partial charge in [0.25, 0.3) is 0 Å². The fourth-order valence-corrected chi connectivity index (χ4v) is 3.59. The van der Waals surface area contributed by atoms with Crippen molar-refractivity contribution in [3.8, 4) is 0 Å². The van der Waals surface area contributed by atoms with E-state index in [1.54, 1.807) is 0 Å². The van der Waals surface area contributed by atoms with E-state index in [1.165, 1.54) is 38.8 Å². The summed E-state index contributed by atoms with van der Waals surface area (Å²) in [6, 6.07) is 0.720. The molecule has 1 amide bonds. The number of amides is 1. The predicted molar refractivity (Wildman–Crippen MR) is 82.4 cm³/mol. The summed E-state index contributed by atoms with van der Waals surface area (Å²) in [5, 5.41) is 0. The highest BCUT2D eigenvalue weighted by atomic mass is 16.2. The lowest BCUT2D eigenvalue weighted by atomic mass is 9.94. The minimum absolute atomic E-state index is 0.0253. The largest absolute Gasteiger partial charge is 0.342 e. The molecule has 0 saturated carbocycles. The Morgan fingerprint density at radius 3 is 2.75 bits per heavy atom. The quantitative estimate of drug-likeness (QED) is 0.853. The molecule has 2 heterocycles. The topological polar surface area (TPSA) is 49.6 Å². The van der Waals surface area contributed by atoms with Gasteiger partial charge in [-0.15, -0.1) is 0 Å². The predicted octanol–water partition coefficient (Wildman–Crippen LogP) is 1.69. The number of likely N-dealkylation sites (tertiary alicyclic amines) is 2. The van der Waals surface area contributed by atoms with Crippen LogP contribution in [0.4, 0.5) is 0 Å². The lowest BCUT2D eigenvalue weighted by molar-refractivity contribution is -0.136. The number of piperidine rings is 2. The molecule has 0 spiro atoms. The summed E-state index contributed by atoms with van der Waals surface area (Å²) >= 11 is 0. The van der Waals surface area contributed by atoms with Gasteiger partial charge in [-0.05, 0) is 45.1 Å². The third-order valence-electron chi connectivity index (χ3n) is 5.04. The molecule has 3 unspecified atom stereocenters. The van der Waals surface area contributed by atoms with Crippen LogP contribution in [0.25, 0.3) is 0 Å². The average molecular weight is 281 g/mol. The lowest BCUT2D eigenvalue weighted by Crippen LogP contribution is -2.48. The Hall–Kier alpha value is -0.610. The van der Waals surface area contributed by atoms with Crippen LogP contribution in [0.15, 0.2) is 0 Å². The van der Waals surface area contributed by atoms with Crippen LogP contribution in [-0.4, -0.2) is 54.5 Å². The zero-order valence-corrected chi connectivity index (χ0v) is 13.2. The monoisotopic (exact) mass is 281 g/mol. The van der Waals surface area contributed by atoms with E-state index < -0.39 is 0 Å². The van der Waals surface area contributed by atoms with Gasteiger partial charge in [0.05, 0.1) is 0 Å². The van der Waals surface area contributed by atoms with Crippen molar-refractivity contribution in [2.75, 3.05) is 32.7 Å². The number of carbonyl (C=O) groups excluding carboxylic acids is 1. The second-order valence-corrected chi connectivity index (χ2v) is 6.77. The van der Waals surface area contributed by atoms with Crippen LogP contribution in [-0.2, 0) is 4.79 Å². The fraction of sp³-hybridized carbons (Fsp3) is 0.938. The van der Waals surface area contributed by atoms with Gasteiger partial charge in [0, 0.05) is 38.1 Å². The van der Waals surface area contributed by atoms with Crippen molar-refractivity contribution < 1.29 is 4.79 Å². The summed E-state index contributed by atoms with van der Waals surface area (Å²) in [6.45, 7) is 9.03. The Bertz CT molecular complexity index is 321. The van der Waals surface area contributed by atoms with Gasteiger partial charge >= 0.3 is 0 Å². The summed E-state index contributed by atoms with van der Waals surface area (Å²) in [7, 11) is 0. The molecule has 2 rings (SSSR count). The maximum absolute atomic E-state index is 12.3. The summed E-state index contributed by atoms with van der Waals surface area (Å²) in [6.07, 6.45) is 6.46. The molecule has 0 aromatic carbocycles. The average Bonchev–Trinajstić information content (AvgIpc) is 2.48. The van der Waals surface area contributed by atoms with Crippen LogP contribution in [0.3, 0.4) is 0 Å². The summed E-state index contributed by atoms with van der Waals surface area (Å²) < 4.78 is 0. The Balaban J connectivity index is 1.85. The molecule has 20 heavy (non-hydrogen) atoms. The van der Waals surface area contributed by atoms with Gasteiger partial charge in [-0.3, -0.25) is 4.79 Å². The molecule has 0 radical (unpaired) electrons. The Labute approximate surface area is 123 Å².